The van der Waals surface area contributed by atoms with Crippen LogP contribution in [0.15, 0.2) is 0 Å². The Kier molecular flexibility index (Phi) is 2.65. The summed E-state index contributed by atoms with van der Waals surface area (Å²) in [5.74, 6) is 0.301. The van der Waals surface area contributed by atoms with E-state index in [0.717, 1.165) is 31.8 Å². The summed E-state index contributed by atoms with van der Waals surface area (Å²) in [6.45, 7) is 3.95. The lowest BCUT2D eigenvalue weighted by Gasteiger charge is -2.38. The third-order valence-electron chi connectivity index (χ3n) is 3.17. The Morgan fingerprint density at radius 3 is 2.50 bits per heavy atom. The van der Waals surface area contributed by atoms with Crippen LogP contribution < -0.4 is 0 Å². The number of carbonyl (C=O) groups excluding carboxylic acids is 2. The Bertz CT molecular complexity index is 188. The van der Waals surface area contributed by atoms with Gasteiger partial charge >= 0.3 is 0 Å². The van der Waals surface area contributed by atoms with Gasteiger partial charge in [0.1, 0.15) is 12.6 Å². The van der Waals surface area contributed by atoms with Crippen LogP contribution in [0.2, 0.25) is 0 Å². The number of aldehydes is 2. The topological polar surface area (TPSA) is 34.1 Å². The van der Waals surface area contributed by atoms with Crippen molar-refractivity contribution in [2.45, 2.75) is 33.1 Å². The number of hydrogen-bond donors (Lipinski definition) is 0. The normalized spacial score (nSPS) is 42.2. The van der Waals surface area contributed by atoms with E-state index < -0.39 is 0 Å². The Morgan fingerprint density at radius 1 is 1.42 bits per heavy atom. The SMILES string of the molecule is C[C@H]1CCC[C@@](C)(C=O)[C@@H]1C=O. The summed E-state index contributed by atoms with van der Waals surface area (Å²) in [6, 6.07) is 0. The van der Waals surface area contributed by atoms with E-state index in [2.05, 4.69) is 6.92 Å². The van der Waals surface area contributed by atoms with E-state index in [1.165, 1.54) is 0 Å². The van der Waals surface area contributed by atoms with Crippen molar-refractivity contribution in [2.75, 3.05) is 0 Å². The number of hydrogen-bond acceptors (Lipinski definition) is 2. The quantitative estimate of drug-likeness (QED) is 0.589. The molecule has 3 atom stereocenters. The molecule has 0 radical (unpaired) electrons. The van der Waals surface area contributed by atoms with Crippen LogP contribution in [0.4, 0.5) is 0 Å². The Morgan fingerprint density at radius 2 is 2.08 bits per heavy atom. The van der Waals surface area contributed by atoms with Gasteiger partial charge in [-0.15, -0.1) is 0 Å². The fourth-order valence-corrected chi connectivity index (χ4v) is 2.23. The molecule has 2 nitrogen and oxygen atoms in total. The molecule has 1 saturated carbocycles. The average Bonchev–Trinajstić information content (AvgIpc) is 2.05. The molecule has 0 saturated heterocycles. The molecule has 0 N–H and O–H groups in total. The Labute approximate surface area is 73.3 Å². The van der Waals surface area contributed by atoms with Gasteiger partial charge < -0.3 is 9.59 Å². The third kappa shape index (κ3) is 1.43. The van der Waals surface area contributed by atoms with Crippen molar-refractivity contribution < 1.29 is 9.59 Å². The first-order valence-electron chi connectivity index (χ1n) is 4.55. The maximum absolute atomic E-state index is 10.8. The molecule has 1 aliphatic rings. The van der Waals surface area contributed by atoms with E-state index in [1.807, 2.05) is 6.92 Å². The van der Waals surface area contributed by atoms with Crippen molar-refractivity contribution in [1.82, 2.24) is 0 Å². The maximum atomic E-state index is 10.8. The zero-order valence-electron chi connectivity index (χ0n) is 7.75. The first-order chi connectivity index (χ1) is 5.64. The van der Waals surface area contributed by atoms with Crippen molar-refractivity contribution in [3.05, 3.63) is 0 Å². The second-order valence-corrected chi connectivity index (χ2v) is 4.16. The molecule has 1 rings (SSSR count). The molecular formula is C10H16O2. The van der Waals surface area contributed by atoms with Gasteiger partial charge in [-0.05, 0) is 18.8 Å². The predicted molar refractivity (Wildman–Crippen MR) is 46.7 cm³/mol. The van der Waals surface area contributed by atoms with E-state index >= 15 is 0 Å². The summed E-state index contributed by atoms with van der Waals surface area (Å²) in [5.41, 5.74) is -0.389. The lowest BCUT2D eigenvalue weighted by atomic mass is 9.64. The molecule has 1 fully saturated rings. The summed E-state index contributed by atoms with van der Waals surface area (Å²) in [5, 5.41) is 0. The molecule has 0 aromatic rings. The van der Waals surface area contributed by atoms with E-state index in [4.69, 9.17) is 0 Å². The van der Waals surface area contributed by atoms with Crippen molar-refractivity contribution >= 4 is 12.6 Å². The van der Waals surface area contributed by atoms with Gasteiger partial charge in [0.25, 0.3) is 0 Å². The molecule has 0 bridgehead atoms. The van der Waals surface area contributed by atoms with Crippen LogP contribution in [0.1, 0.15) is 33.1 Å². The summed E-state index contributed by atoms with van der Waals surface area (Å²) >= 11 is 0. The molecule has 68 valence electrons. The zero-order chi connectivity index (χ0) is 9.19. The van der Waals surface area contributed by atoms with Gasteiger partial charge in [0.2, 0.25) is 0 Å². The first kappa shape index (κ1) is 9.43. The molecule has 0 aromatic carbocycles. The second-order valence-electron chi connectivity index (χ2n) is 4.16. The highest BCUT2D eigenvalue weighted by Gasteiger charge is 2.40. The average molecular weight is 168 g/mol. The summed E-state index contributed by atoms with van der Waals surface area (Å²) in [6.07, 6.45) is 4.93. The summed E-state index contributed by atoms with van der Waals surface area (Å²) in [7, 11) is 0. The fraction of sp³-hybridized carbons (Fsp3) is 0.800. The minimum absolute atomic E-state index is 0.0660. The Balaban J connectivity index is 2.83. The van der Waals surface area contributed by atoms with Crippen LogP contribution >= 0.6 is 0 Å². The van der Waals surface area contributed by atoms with E-state index in [-0.39, 0.29) is 11.3 Å². The molecule has 1 aliphatic carbocycles. The van der Waals surface area contributed by atoms with Crippen LogP contribution in [0.3, 0.4) is 0 Å². The second kappa shape index (κ2) is 3.38. The fourth-order valence-electron chi connectivity index (χ4n) is 2.23. The standard InChI is InChI=1S/C10H16O2/c1-8-4-3-5-10(2,7-12)9(8)6-11/h6-9H,3-5H2,1-2H3/t8-,9+,10-/m0/s1. The predicted octanol–water partition coefficient (Wildman–Crippen LogP) is 1.83. The first-order valence-corrected chi connectivity index (χ1v) is 4.55. The lowest BCUT2D eigenvalue weighted by Crippen LogP contribution is -2.38. The van der Waals surface area contributed by atoms with Crippen molar-refractivity contribution in [2.24, 2.45) is 17.3 Å². The highest BCUT2D eigenvalue weighted by Crippen LogP contribution is 2.41. The van der Waals surface area contributed by atoms with Gasteiger partial charge in [-0.25, -0.2) is 0 Å². The van der Waals surface area contributed by atoms with Gasteiger partial charge in [0.05, 0.1) is 0 Å². The largest absolute Gasteiger partial charge is 0.303 e. The smallest absolute Gasteiger partial charge is 0.126 e. The summed E-state index contributed by atoms with van der Waals surface area (Å²) in [4.78, 5) is 21.6. The maximum Gasteiger partial charge on any atom is 0.126 e. The molecule has 0 spiro atoms. The van der Waals surface area contributed by atoms with Gasteiger partial charge in [-0.2, -0.15) is 0 Å². The van der Waals surface area contributed by atoms with Crippen LogP contribution in [0.25, 0.3) is 0 Å². The van der Waals surface area contributed by atoms with E-state index in [0.29, 0.717) is 5.92 Å². The molecule has 0 amide bonds. The monoisotopic (exact) mass is 168 g/mol. The van der Waals surface area contributed by atoms with Gasteiger partial charge in [0, 0.05) is 11.3 Å². The van der Waals surface area contributed by atoms with Crippen LogP contribution in [0, 0.1) is 17.3 Å². The molecule has 0 heterocycles. The number of carbonyl (C=O) groups is 2. The van der Waals surface area contributed by atoms with Crippen LogP contribution in [-0.4, -0.2) is 12.6 Å². The van der Waals surface area contributed by atoms with E-state index in [1.54, 1.807) is 0 Å². The summed E-state index contributed by atoms with van der Waals surface area (Å²) < 4.78 is 0. The molecule has 12 heavy (non-hydrogen) atoms. The molecule has 0 unspecified atom stereocenters. The minimum atomic E-state index is -0.389. The minimum Gasteiger partial charge on any atom is -0.303 e. The zero-order valence-corrected chi connectivity index (χ0v) is 7.75. The van der Waals surface area contributed by atoms with Crippen LogP contribution in [0.5, 0.6) is 0 Å². The number of rotatable bonds is 2. The Hall–Kier alpha value is -0.660. The van der Waals surface area contributed by atoms with E-state index in [9.17, 15) is 9.59 Å². The molecule has 0 aromatic heterocycles. The van der Waals surface area contributed by atoms with Gasteiger partial charge in [0.15, 0.2) is 0 Å². The highest BCUT2D eigenvalue weighted by atomic mass is 16.1. The molecule has 2 heteroatoms. The molecular weight excluding hydrogens is 152 g/mol. The third-order valence-corrected chi connectivity index (χ3v) is 3.17. The highest BCUT2D eigenvalue weighted by molar-refractivity contribution is 5.69. The molecule has 0 aliphatic heterocycles. The lowest BCUT2D eigenvalue weighted by molar-refractivity contribution is -0.129. The van der Waals surface area contributed by atoms with Crippen LogP contribution in [-0.2, 0) is 9.59 Å². The van der Waals surface area contributed by atoms with Crippen molar-refractivity contribution in [3.63, 3.8) is 0 Å². The van der Waals surface area contributed by atoms with Gasteiger partial charge in [-0.1, -0.05) is 20.3 Å². The van der Waals surface area contributed by atoms with Crippen molar-refractivity contribution in [3.8, 4) is 0 Å². The van der Waals surface area contributed by atoms with Crippen molar-refractivity contribution in [1.29, 1.82) is 0 Å². The van der Waals surface area contributed by atoms with Gasteiger partial charge in [-0.3, -0.25) is 0 Å².